The lowest BCUT2D eigenvalue weighted by atomic mass is 9.93. The summed E-state index contributed by atoms with van der Waals surface area (Å²) in [7, 11) is 0. The molecule has 0 saturated carbocycles. The second-order valence-electron chi connectivity index (χ2n) is 14.5. The summed E-state index contributed by atoms with van der Waals surface area (Å²) < 4.78 is 0. The Morgan fingerprint density at radius 3 is 1.50 bits per heavy atom. The molecular weight excluding hydrogens is 763 g/mol. The molecule has 0 fully saturated rings. The lowest BCUT2D eigenvalue weighted by molar-refractivity contribution is 1.07. The minimum absolute atomic E-state index is 0.484. The summed E-state index contributed by atoms with van der Waals surface area (Å²) in [6.07, 6.45) is 9.22. The Labute approximate surface area is 359 Å². The molecule has 6 aromatic heterocycles. The van der Waals surface area contributed by atoms with Crippen molar-refractivity contribution in [2.24, 2.45) is 5.73 Å². The molecule has 0 amide bonds. The SMILES string of the molecule is C=C(/C=C(\C=C(/N)c1cccc(C)n1)c1cc(-c2cc(-c3ccccn3)nc(-c3ccccn3)c2)cc(-c2nc(-c3ccccc3)nc(-c3ccccc3)n2)c1)c1ccccn1. The summed E-state index contributed by atoms with van der Waals surface area (Å²) in [6, 6.07) is 53.4. The van der Waals surface area contributed by atoms with E-state index in [4.69, 9.17) is 30.7 Å². The van der Waals surface area contributed by atoms with Gasteiger partial charge in [0.2, 0.25) is 0 Å². The molecule has 62 heavy (non-hydrogen) atoms. The van der Waals surface area contributed by atoms with Crippen molar-refractivity contribution in [3.8, 4) is 68.1 Å². The van der Waals surface area contributed by atoms with Crippen molar-refractivity contribution in [1.29, 1.82) is 0 Å². The van der Waals surface area contributed by atoms with Gasteiger partial charge in [-0.3, -0.25) is 19.9 Å². The summed E-state index contributed by atoms with van der Waals surface area (Å²) in [5, 5.41) is 0. The van der Waals surface area contributed by atoms with E-state index in [0.717, 1.165) is 61.7 Å². The van der Waals surface area contributed by atoms with Crippen LogP contribution in [0, 0.1) is 6.92 Å². The van der Waals surface area contributed by atoms with Crippen LogP contribution in [0.5, 0.6) is 0 Å². The zero-order valence-corrected chi connectivity index (χ0v) is 33.8. The maximum atomic E-state index is 6.91. The van der Waals surface area contributed by atoms with E-state index in [2.05, 4.69) is 39.7 Å². The van der Waals surface area contributed by atoms with Gasteiger partial charge >= 0.3 is 0 Å². The number of nitrogens with zero attached hydrogens (tertiary/aromatic N) is 8. The van der Waals surface area contributed by atoms with Gasteiger partial charge in [0.25, 0.3) is 0 Å². The van der Waals surface area contributed by atoms with Crippen LogP contribution in [0.15, 0.2) is 201 Å². The van der Waals surface area contributed by atoms with E-state index >= 15 is 0 Å². The van der Waals surface area contributed by atoms with Crippen molar-refractivity contribution in [1.82, 2.24) is 39.9 Å². The first-order chi connectivity index (χ1) is 30.4. The first kappa shape index (κ1) is 38.9. The lowest BCUT2D eigenvalue weighted by Gasteiger charge is -2.15. The molecular formula is C53H39N9. The Morgan fingerprint density at radius 2 is 0.952 bits per heavy atom. The summed E-state index contributed by atoms with van der Waals surface area (Å²) in [6.45, 7) is 6.39. The molecule has 3 aromatic carbocycles. The van der Waals surface area contributed by atoms with Crippen LogP contribution in [-0.2, 0) is 0 Å². The topological polar surface area (TPSA) is 129 Å². The molecule has 296 valence electrons. The Bertz CT molecular complexity index is 2820. The number of benzene rings is 3. The van der Waals surface area contributed by atoms with Gasteiger partial charge in [0, 0.05) is 41.0 Å². The first-order valence-corrected chi connectivity index (χ1v) is 20.0. The summed E-state index contributed by atoms with van der Waals surface area (Å²) in [5.74, 6) is 1.59. The van der Waals surface area contributed by atoms with Crippen LogP contribution < -0.4 is 5.73 Å². The summed E-state index contributed by atoms with van der Waals surface area (Å²) >= 11 is 0. The van der Waals surface area contributed by atoms with Crippen molar-refractivity contribution in [2.45, 2.75) is 6.92 Å². The molecule has 0 aliphatic carbocycles. The molecule has 0 unspecified atom stereocenters. The average molecular weight is 802 g/mol. The molecule has 9 nitrogen and oxygen atoms in total. The zero-order valence-electron chi connectivity index (χ0n) is 33.8. The van der Waals surface area contributed by atoms with Gasteiger partial charge in [-0.25, -0.2) is 19.9 Å². The van der Waals surface area contributed by atoms with Crippen molar-refractivity contribution in [3.05, 3.63) is 224 Å². The number of aromatic nitrogens is 8. The number of rotatable bonds is 11. The van der Waals surface area contributed by atoms with Gasteiger partial charge in [0.05, 0.1) is 39.9 Å². The minimum Gasteiger partial charge on any atom is -0.397 e. The fourth-order valence-electron chi connectivity index (χ4n) is 6.98. The molecule has 0 radical (unpaired) electrons. The van der Waals surface area contributed by atoms with Gasteiger partial charge in [-0.2, -0.15) is 0 Å². The maximum Gasteiger partial charge on any atom is 0.164 e. The number of allylic oxidation sites excluding steroid dienone is 4. The molecule has 9 heteroatoms. The molecule has 0 aliphatic rings. The van der Waals surface area contributed by atoms with Gasteiger partial charge in [-0.15, -0.1) is 0 Å². The number of hydrogen-bond acceptors (Lipinski definition) is 9. The van der Waals surface area contributed by atoms with E-state index in [1.54, 1.807) is 18.6 Å². The molecule has 0 saturated heterocycles. The largest absolute Gasteiger partial charge is 0.397 e. The van der Waals surface area contributed by atoms with Crippen LogP contribution in [-0.4, -0.2) is 39.9 Å². The highest BCUT2D eigenvalue weighted by Crippen LogP contribution is 2.36. The third kappa shape index (κ3) is 8.87. The van der Waals surface area contributed by atoms with E-state index in [0.29, 0.717) is 45.8 Å². The summed E-state index contributed by atoms with van der Waals surface area (Å²) in [5.41, 5.74) is 19.0. The van der Waals surface area contributed by atoms with Gasteiger partial charge in [-0.1, -0.05) is 91.5 Å². The molecule has 0 atom stereocenters. The van der Waals surface area contributed by atoms with Crippen molar-refractivity contribution in [2.75, 3.05) is 0 Å². The maximum absolute atomic E-state index is 6.91. The van der Waals surface area contributed by atoms with Crippen molar-refractivity contribution in [3.63, 3.8) is 0 Å². The zero-order chi connectivity index (χ0) is 42.3. The minimum atomic E-state index is 0.484. The fraction of sp³-hybridized carbons (Fsp3) is 0.0189. The number of hydrogen-bond donors (Lipinski definition) is 1. The van der Waals surface area contributed by atoms with E-state index < -0.39 is 0 Å². The van der Waals surface area contributed by atoms with Crippen LogP contribution >= 0.6 is 0 Å². The Hall–Kier alpha value is -8.56. The normalized spacial score (nSPS) is 11.6. The van der Waals surface area contributed by atoms with E-state index in [1.165, 1.54) is 0 Å². The van der Waals surface area contributed by atoms with Crippen LogP contribution in [0.25, 0.3) is 84.9 Å². The Morgan fingerprint density at radius 1 is 0.435 bits per heavy atom. The van der Waals surface area contributed by atoms with Gasteiger partial charge < -0.3 is 5.73 Å². The summed E-state index contributed by atoms with van der Waals surface area (Å²) in [4.78, 5) is 39.0. The van der Waals surface area contributed by atoms with Crippen LogP contribution in [0.1, 0.15) is 22.6 Å². The quantitative estimate of drug-likeness (QED) is 0.127. The van der Waals surface area contributed by atoms with Gasteiger partial charge in [0.1, 0.15) is 0 Å². The number of nitrogens with two attached hydrogens (primary N) is 1. The smallest absolute Gasteiger partial charge is 0.164 e. The standard InChI is InChI=1S/C53H39N9/c1-35(45-21-9-12-25-55-45)28-39(32-44(54)46-24-15-16-36(2)58-46)40-29-41(42-33-49(47-22-10-13-26-56-47)59-50(34-42)48-23-11-14-27-57-48)31-43(30-40)53-61-51(37-17-5-3-6-18-37)60-52(62-53)38-19-7-4-8-20-38/h3-34H,1,54H2,2H3/b39-28+,44-32-. The van der Waals surface area contributed by atoms with Crippen LogP contribution in [0.3, 0.4) is 0 Å². The average Bonchev–Trinajstić information content (AvgIpc) is 3.34. The predicted octanol–water partition coefficient (Wildman–Crippen LogP) is 11.3. The molecule has 2 N–H and O–H groups in total. The molecule has 0 spiro atoms. The number of aryl methyl sites for hydroxylation is 1. The van der Waals surface area contributed by atoms with Gasteiger partial charge in [-0.05, 0) is 126 Å². The van der Waals surface area contributed by atoms with E-state index in [-0.39, 0.29) is 0 Å². The van der Waals surface area contributed by atoms with Crippen LogP contribution in [0.2, 0.25) is 0 Å². The van der Waals surface area contributed by atoms with Crippen molar-refractivity contribution >= 4 is 16.8 Å². The molecule has 9 aromatic rings. The lowest BCUT2D eigenvalue weighted by Crippen LogP contribution is -2.02. The molecule has 0 bridgehead atoms. The van der Waals surface area contributed by atoms with Crippen LogP contribution in [0.4, 0.5) is 0 Å². The van der Waals surface area contributed by atoms with E-state index in [1.807, 2.05) is 165 Å². The molecule has 0 aliphatic heterocycles. The third-order valence-corrected chi connectivity index (χ3v) is 10.1. The van der Waals surface area contributed by atoms with Gasteiger partial charge in [0.15, 0.2) is 17.5 Å². The first-order valence-electron chi connectivity index (χ1n) is 20.0. The highest BCUT2D eigenvalue weighted by atomic mass is 15.0. The molecule has 6 heterocycles. The fourth-order valence-corrected chi connectivity index (χ4v) is 6.98. The highest BCUT2D eigenvalue weighted by molar-refractivity contribution is 5.92. The van der Waals surface area contributed by atoms with Crippen molar-refractivity contribution < 1.29 is 0 Å². The number of pyridine rings is 5. The Kier molecular flexibility index (Phi) is 11.1. The van der Waals surface area contributed by atoms with E-state index in [9.17, 15) is 0 Å². The highest BCUT2D eigenvalue weighted by Gasteiger charge is 2.18. The second-order valence-corrected chi connectivity index (χ2v) is 14.5. The predicted molar refractivity (Wildman–Crippen MR) is 248 cm³/mol. The molecule has 9 rings (SSSR count). The monoisotopic (exact) mass is 801 g/mol. The Balaban J connectivity index is 1.32. The third-order valence-electron chi connectivity index (χ3n) is 10.1. The second kappa shape index (κ2) is 17.7.